The zero-order valence-electron chi connectivity index (χ0n) is 11.5. The lowest BCUT2D eigenvalue weighted by atomic mass is 10.0. The van der Waals surface area contributed by atoms with Crippen LogP contribution in [0.4, 0.5) is 5.69 Å². The fourth-order valence-corrected chi connectivity index (χ4v) is 2.87. The second-order valence-electron chi connectivity index (χ2n) is 5.42. The Morgan fingerprint density at radius 1 is 1.17 bits per heavy atom. The zero-order chi connectivity index (χ0) is 13.0. The van der Waals surface area contributed by atoms with Gasteiger partial charge < -0.3 is 4.90 Å². The van der Waals surface area contributed by atoms with Gasteiger partial charge in [0.25, 0.3) is 0 Å². The molecule has 0 spiro atoms. The van der Waals surface area contributed by atoms with Gasteiger partial charge in [0, 0.05) is 24.3 Å². The van der Waals surface area contributed by atoms with E-state index in [1.807, 2.05) is 13.0 Å². The number of carbonyl (C=O) groups excluding carboxylic acids is 1. The van der Waals surface area contributed by atoms with Gasteiger partial charge in [0.2, 0.25) is 0 Å². The first-order valence-electron chi connectivity index (χ1n) is 7.01. The first-order valence-corrected chi connectivity index (χ1v) is 7.01. The van der Waals surface area contributed by atoms with Gasteiger partial charge in [-0.2, -0.15) is 0 Å². The van der Waals surface area contributed by atoms with E-state index in [0.29, 0.717) is 6.04 Å². The van der Waals surface area contributed by atoms with Gasteiger partial charge in [0.1, 0.15) is 6.29 Å². The Morgan fingerprint density at radius 3 is 2.39 bits per heavy atom. The number of nitrogens with zero attached hydrogens (tertiary/aromatic N) is 1. The normalized spacial score (nSPS) is 17.2. The highest BCUT2D eigenvalue weighted by Crippen LogP contribution is 2.26. The molecule has 1 aliphatic rings. The SMILES string of the molecule is Cc1cc(N(C)C2CCCCCC2)ccc1C=O. The largest absolute Gasteiger partial charge is 0.372 e. The first kappa shape index (κ1) is 13.1. The summed E-state index contributed by atoms with van der Waals surface area (Å²) >= 11 is 0. The predicted octanol–water partition coefficient (Wildman–Crippen LogP) is 3.97. The molecule has 0 radical (unpaired) electrons. The van der Waals surface area contributed by atoms with Crippen molar-refractivity contribution in [3.8, 4) is 0 Å². The molecule has 0 amide bonds. The molecule has 1 aromatic carbocycles. The standard InChI is InChI=1S/C16H23NO/c1-13-11-16(10-9-14(13)12-18)17(2)15-7-5-3-4-6-8-15/h9-12,15H,3-8H2,1-2H3. The van der Waals surface area contributed by atoms with Crippen LogP contribution in [0.1, 0.15) is 54.4 Å². The maximum absolute atomic E-state index is 10.8. The number of carbonyl (C=O) groups is 1. The van der Waals surface area contributed by atoms with Crippen LogP contribution in [0.2, 0.25) is 0 Å². The van der Waals surface area contributed by atoms with Crippen molar-refractivity contribution in [1.82, 2.24) is 0 Å². The van der Waals surface area contributed by atoms with Gasteiger partial charge in [0.05, 0.1) is 0 Å². The second-order valence-corrected chi connectivity index (χ2v) is 5.42. The summed E-state index contributed by atoms with van der Waals surface area (Å²) in [6.07, 6.45) is 8.99. The van der Waals surface area contributed by atoms with Gasteiger partial charge >= 0.3 is 0 Å². The van der Waals surface area contributed by atoms with Crippen LogP contribution in [-0.4, -0.2) is 19.4 Å². The highest BCUT2D eigenvalue weighted by atomic mass is 16.1. The first-order chi connectivity index (χ1) is 8.72. The molecule has 0 unspecified atom stereocenters. The third-order valence-electron chi connectivity index (χ3n) is 4.16. The smallest absolute Gasteiger partial charge is 0.150 e. The van der Waals surface area contributed by atoms with E-state index in [4.69, 9.17) is 0 Å². The van der Waals surface area contributed by atoms with Crippen LogP contribution in [0, 0.1) is 6.92 Å². The highest BCUT2D eigenvalue weighted by molar-refractivity contribution is 5.78. The molecule has 1 fully saturated rings. The van der Waals surface area contributed by atoms with Crippen molar-refractivity contribution < 1.29 is 4.79 Å². The maximum atomic E-state index is 10.8. The van der Waals surface area contributed by atoms with Gasteiger partial charge in [-0.25, -0.2) is 0 Å². The summed E-state index contributed by atoms with van der Waals surface area (Å²) in [6, 6.07) is 6.80. The molecule has 2 nitrogen and oxygen atoms in total. The molecule has 18 heavy (non-hydrogen) atoms. The van der Waals surface area contributed by atoms with Crippen molar-refractivity contribution in [3.63, 3.8) is 0 Å². The molecule has 0 N–H and O–H groups in total. The minimum atomic E-state index is 0.661. The molecule has 0 aliphatic heterocycles. The summed E-state index contributed by atoms with van der Waals surface area (Å²) < 4.78 is 0. The lowest BCUT2D eigenvalue weighted by Crippen LogP contribution is -2.31. The molecule has 1 saturated carbocycles. The molecule has 0 atom stereocenters. The van der Waals surface area contributed by atoms with E-state index < -0.39 is 0 Å². The van der Waals surface area contributed by atoms with Crippen LogP contribution in [0.5, 0.6) is 0 Å². The quantitative estimate of drug-likeness (QED) is 0.593. The molecule has 1 aliphatic carbocycles. The van der Waals surface area contributed by atoms with E-state index in [0.717, 1.165) is 17.4 Å². The topological polar surface area (TPSA) is 20.3 Å². The molecule has 0 saturated heterocycles. The Morgan fingerprint density at radius 2 is 1.83 bits per heavy atom. The number of aldehydes is 1. The molecule has 2 heteroatoms. The molecule has 0 aromatic heterocycles. The summed E-state index contributed by atoms with van der Waals surface area (Å²) in [5.41, 5.74) is 3.11. The van der Waals surface area contributed by atoms with Crippen LogP contribution in [0.3, 0.4) is 0 Å². The van der Waals surface area contributed by atoms with E-state index in [9.17, 15) is 4.79 Å². The second kappa shape index (κ2) is 6.03. The fraction of sp³-hybridized carbons (Fsp3) is 0.562. The molecular weight excluding hydrogens is 222 g/mol. The van der Waals surface area contributed by atoms with E-state index in [1.165, 1.54) is 44.2 Å². The Bertz CT molecular complexity index is 406. The van der Waals surface area contributed by atoms with E-state index in [1.54, 1.807) is 0 Å². The predicted molar refractivity (Wildman–Crippen MR) is 76.5 cm³/mol. The minimum absolute atomic E-state index is 0.661. The van der Waals surface area contributed by atoms with Crippen LogP contribution in [0.25, 0.3) is 0 Å². The average Bonchev–Trinajstić information content (AvgIpc) is 2.66. The van der Waals surface area contributed by atoms with Gasteiger partial charge in [-0.05, 0) is 43.5 Å². The summed E-state index contributed by atoms with van der Waals surface area (Å²) in [5, 5.41) is 0. The molecule has 98 valence electrons. The lowest BCUT2D eigenvalue weighted by molar-refractivity contribution is 0.112. The van der Waals surface area contributed by atoms with Crippen LogP contribution in [-0.2, 0) is 0 Å². The van der Waals surface area contributed by atoms with E-state index in [2.05, 4.69) is 24.1 Å². The number of rotatable bonds is 3. The summed E-state index contributed by atoms with van der Waals surface area (Å²) in [4.78, 5) is 13.2. The number of hydrogen-bond acceptors (Lipinski definition) is 2. The Kier molecular flexibility index (Phi) is 4.40. The van der Waals surface area contributed by atoms with Crippen molar-refractivity contribution in [2.75, 3.05) is 11.9 Å². The number of anilines is 1. The van der Waals surface area contributed by atoms with Gasteiger partial charge in [-0.3, -0.25) is 4.79 Å². The van der Waals surface area contributed by atoms with Crippen molar-refractivity contribution in [2.45, 2.75) is 51.5 Å². The molecule has 0 bridgehead atoms. The van der Waals surface area contributed by atoms with Crippen LogP contribution in [0.15, 0.2) is 18.2 Å². The van der Waals surface area contributed by atoms with Crippen molar-refractivity contribution in [2.24, 2.45) is 0 Å². The van der Waals surface area contributed by atoms with Gasteiger partial charge in [0.15, 0.2) is 0 Å². The van der Waals surface area contributed by atoms with Crippen molar-refractivity contribution in [3.05, 3.63) is 29.3 Å². The Hall–Kier alpha value is -1.31. The van der Waals surface area contributed by atoms with E-state index in [-0.39, 0.29) is 0 Å². The van der Waals surface area contributed by atoms with Gasteiger partial charge in [-0.1, -0.05) is 25.7 Å². The molecular formula is C16H23NO. The van der Waals surface area contributed by atoms with Crippen LogP contribution < -0.4 is 4.90 Å². The van der Waals surface area contributed by atoms with Crippen molar-refractivity contribution in [1.29, 1.82) is 0 Å². The monoisotopic (exact) mass is 245 g/mol. The third kappa shape index (κ3) is 2.92. The maximum Gasteiger partial charge on any atom is 0.150 e. The number of hydrogen-bond donors (Lipinski definition) is 0. The Labute approximate surface area is 110 Å². The number of aryl methyl sites for hydroxylation is 1. The molecule has 2 rings (SSSR count). The van der Waals surface area contributed by atoms with Crippen LogP contribution >= 0.6 is 0 Å². The summed E-state index contributed by atoms with van der Waals surface area (Å²) in [6.45, 7) is 2.01. The number of benzene rings is 1. The average molecular weight is 245 g/mol. The summed E-state index contributed by atoms with van der Waals surface area (Å²) in [7, 11) is 2.19. The minimum Gasteiger partial charge on any atom is -0.372 e. The Balaban J connectivity index is 2.14. The molecule has 0 heterocycles. The summed E-state index contributed by atoms with van der Waals surface area (Å²) in [5.74, 6) is 0. The van der Waals surface area contributed by atoms with E-state index >= 15 is 0 Å². The third-order valence-corrected chi connectivity index (χ3v) is 4.16. The van der Waals surface area contributed by atoms with Gasteiger partial charge in [-0.15, -0.1) is 0 Å². The zero-order valence-corrected chi connectivity index (χ0v) is 11.5. The molecule has 1 aromatic rings. The lowest BCUT2D eigenvalue weighted by Gasteiger charge is -2.29. The highest BCUT2D eigenvalue weighted by Gasteiger charge is 2.17. The van der Waals surface area contributed by atoms with Crippen molar-refractivity contribution >= 4 is 12.0 Å². The fourth-order valence-electron chi connectivity index (χ4n) is 2.87.